The average Bonchev–Trinajstić information content (AvgIpc) is 2.61. The standard InChI is InChI=1S/C20H28O5/c1-4-5-8-15(2)18(23)11-12-20(25-16(3)22)17-9-6-7-10-19(17)24-14-13-21/h6-7,9-10,20-21H,2,4-5,8,11-14H2,1,3H3/t20-/m0/s1. The van der Waals surface area contributed by atoms with Crippen LogP contribution in [0.15, 0.2) is 36.4 Å². The van der Waals surface area contributed by atoms with Crippen molar-refractivity contribution in [1.29, 1.82) is 0 Å². The van der Waals surface area contributed by atoms with Gasteiger partial charge in [-0.1, -0.05) is 38.1 Å². The van der Waals surface area contributed by atoms with Crippen molar-refractivity contribution in [3.05, 3.63) is 42.0 Å². The molecule has 5 heteroatoms. The fraction of sp³-hybridized carbons (Fsp3) is 0.500. The minimum atomic E-state index is -0.574. The molecule has 0 amide bonds. The maximum Gasteiger partial charge on any atom is 0.303 e. The number of carbonyl (C=O) groups is 2. The largest absolute Gasteiger partial charge is 0.491 e. The Labute approximate surface area is 149 Å². The molecular weight excluding hydrogens is 320 g/mol. The predicted octanol–water partition coefficient (Wildman–Crippen LogP) is 3.76. The van der Waals surface area contributed by atoms with Gasteiger partial charge < -0.3 is 14.6 Å². The van der Waals surface area contributed by atoms with Gasteiger partial charge in [0.15, 0.2) is 5.78 Å². The number of hydrogen-bond acceptors (Lipinski definition) is 5. The SMILES string of the molecule is C=C(CCCC)C(=O)CC[C@H](OC(C)=O)c1ccccc1OCCO. The number of ketones is 1. The molecule has 0 spiro atoms. The summed E-state index contributed by atoms with van der Waals surface area (Å²) in [7, 11) is 0. The van der Waals surface area contributed by atoms with Gasteiger partial charge >= 0.3 is 5.97 Å². The number of carbonyl (C=O) groups excluding carboxylic acids is 2. The van der Waals surface area contributed by atoms with Crippen LogP contribution < -0.4 is 4.74 Å². The lowest BCUT2D eigenvalue weighted by molar-refractivity contribution is -0.147. The Bertz CT molecular complexity index is 579. The Hall–Kier alpha value is -2.14. The molecule has 1 rings (SSSR count). The van der Waals surface area contributed by atoms with Crippen LogP contribution in [0.2, 0.25) is 0 Å². The van der Waals surface area contributed by atoms with Crippen molar-refractivity contribution in [1.82, 2.24) is 0 Å². The second-order valence-corrected chi connectivity index (χ2v) is 5.88. The van der Waals surface area contributed by atoms with Crippen LogP contribution in [0.25, 0.3) is 0 Å². The summed E-state index contributed by atoms with van der Waals surface area (Å²) < 4.78 is 10.9. The third kappa shape index (κ3) is 7.52. The topological polar surface area (TPSA) is 72.8 Å². The maximum absolute atomic E-state index is 12.2. The smallest absolute Gasteiger partial charge is 0.303 e. The molecule has 1 N–H and O–H groups in total. The summed E-state index contributed by atoms with van der Waals surface area (Å²) in [5, 5.41) is 8.95. The number of rotatable bonds is 12. The summed E-state index contributed by atoms with van der Waals surface area (Å²) in [6.07, 6.45) is 2.70. The number of hydrogen-bond donors (Lipinski definition) is 1. The lowest BCUT2D eigenvalue weighted by atomic mass is 9.98. The molecule has 0 bridgehead atoms. The Balaban J connectivity index is 2.83. The maximum atomic E-state index is 12.2. The molecule has 0 aliphatic heterocycles. The molecule has 5 nitrogen and oxygen atoms in total. The normalized spacial score (nSPS) is 11.6. The van der Waals surface area contributed by atoms with Gasteiger partial charge in [0.1, 0.15) is 18.5 Å². The van der Waals surface area contributed by atoms with E-state index in [-0.39, 0.29) is 25.4 Å². The fourth-order valence-corrected chi connectivity index (χ4v) is 2.48. The highest BCUT2D eigenvalue weighted by molar-refractivity contribution is 5.94. The number of unbranched alkanes of at least 4 members (excludes halogenated alkanes) is 1. The Morgan fingerprint density at radius 2 is 1.96 bits per heavy atom. The van der Waals surface area contributed by atoms with Crippen LogP contribution >= 0.6 is 0 Å². The number of aliphatic hydroxyl groups excluding tert-OH is 1. The third-order valence-corrected chi connectivity index (χ3v) is 3.78. The van der Waals surface area contributed by atoms with E-state index in [1.54, 1.807) is 18.2 Å². The molecule has 0 saturated carbocycles. The molecule has 0 aliphatic carbocycles. The minimum Gasteiger partial charge on any atom is -0.491 e. The van der Waals surface area contributed by atoms with Gasteiger partial charge in [-0.05, 0) is 30.9 Å². The van der Waals surface area contributed by atoms with Crippen molar-refractivity contribution in [2.75, 3.05) is 13.2 Å². The number of para-hydroxylation sites is 1. The zero-order valence-electron chi connectivity index (χ0n) is 15.1. The first-order valence-corrected chi connectivity index (χ1v) is 8.70. The van der Waals surface area contributed by atoms with E-state index >= 15 is 0 Å². The quantitative estimate of drug-likeness (QED) is 0.460. The molecule has 0 fully saturated rings. The van der Waals surface area contributed by atoms with Gasteiger partial charge in [-0.2, -0.15) is 0 Å². The van der Waals surface area contributed by atoms with E-state index in [0.717, 1.165) is 12.8 Å². The van der Waals surface area contributed by atoms with Crippen molar-refractivity contribution in [3.8, 4) is 5.75 Å². The van der Waals surface area contributed by atoms with Gasteiger partial charge in [-0.15, -0.1) is 0 Å². The summed E-state index contributed by atoms with van der Waals surface area (Å²) in [5.41, 5.74) is 1.31. The van der Waals surface area contributed by atoms with E-state index in [2.05, 4.69) is 13.5 Å². The van der Waals surface area contributed by atoms with Crippen molar-refractivity contribution >= 4 is 11.8 Å². The van der Waals surface area contributed by atoms with E-state index < -0.39 is 12.1 Å². The van der Waals surface area contributed by atoms with E-state index in [0.29, 0.717) is 29.7 Å². The number of aliphatic hydroxyl groups is 1. The average molecular weight is 348 g/mol. The summed E-state index contributed by atoms with van der Waals surface area (Å²) in [6, 6.07) is 7.18. The summed E-state index contributed by atoms with van der Waals surface area (Å²) in [5.74, 6) is 0.124. The highest BCUT2D eigenvalue weighted by atomic mass is 16.5. The van der Waals surface area contributed by atoms with Crippen LogP contribution in [0.4, 0.5) is 0 Å². The molecule has 0 heterocycles. The van der Waals surface area contributed by atoms with Gasteiger partial charge in [-0.25, -0.2) is 0 Å². The third-order valence-electron chi connectivity index (χ3n) is 3.78. The van der Waals surface area contributed by atoms with Crippen molar-refractivity contribution < 1.29 is 24.2 Å². The first-order chi connectivity index (χ1) is 12.0. The molecule has 25 heavy (non-hydrogen) atoms. The molecular formula is C20H28O5. The molecule has 0 radical (unpaired) electrons. The zero-order valence-corrected chi connectivity index (χ0v) is 15.1. The molecule has 1 atom stereocenters. The molecule has 0 unspecified atom stereocenters. The predicted molar refractivity (Wildman–Crippen MR) is 96.4 cm³/mol. The monoisotopic (exact) mass is 348 g/mol. The Kier molecular flexibility index (Phi) is 9.55. The first kappa shape index (κ1) is 20.9. The van der Waals surface area contributed by atoms with Crippen LogP contribution in [-0.2, 0) is 14.3 Å². The van der Waals surface area contributed by atoms with Crippen LogP contribution in [0.5, 0.6) is 5.75 Å². The minimum absolute atomic E-state index is 0.000593. The van der Waals surface area contributed by atoms with E-state index in [1.807, 2.05) is 6.07 Å². The van der Waals surface area contributed by atoms with Crippen LogP contribution in [0, 0.1) is 0 Å². The zero-order chi connectivity index (χ0) is 18.7. The summed E-state index contributed by atoms with van der Waals surface area (Å²) in [6.45, 7) is 7.30. The van der Waals surface area contributed by atoms with Crippen LogP contribution in [0.1, 0.15) is 57.6 Å². The molecule has 0 saturated heterocycles. The van der Waals surface area contributed by atoms with E-state index in [9.17, 15) is 9.59 Å². The van der Waals surface area contributed by atoms with Crippen molar-refractivity contribution in [2.45, 2.75) is 52.1 Å². The number of Topliss-reactive ketones (excluding diaryl/α,β-unsaturated/α-hetero) is 1. The number of benzene rings is 1. The number of allylic oxidation sites excluding steroid dienone is 1. The first-order valence-electron chi connectivity index (χ1n) is 8.70. The van der Waals surface area contributed by atoms with E-state index in [1.165, 1.54) is 6.92 Å². The Morgan fingerprint density at radius 3 is 2.60 bits per heavy atom. The van der Waals surface area contributed by atoms with Gasteiger partial charge in [-0.3, -0.25) is 9.59 Å². The van der Waals surface area contributed by atoms with Gasteiger partial charge in [0, 0.05) is 18.9 Å². The molecule has 138 valence electrons. The molecule has 1 aromatic rings. The van der Waals surface area contributed by atoms with Crippen molar-refractivity contribution in [2.24, 2.45) is 0 Å². The molecule has 0 aliphatic rings. The van der Waals surface area contributed by atoms with Gasteiger partial charge in [0.2, 0.25) is 0 Å². The van der Waals surface area contributed by atoms with Crippen LogP contribution in [-0.4, -0.2) is 30.1 Å². The van der Waals surface area contributed by atoms with E-state index in [4.69, 9.17) is 14.6 Å². The number of esters is 1. The molecule has 0 aromatic heterocycles. The Morgan fingerprint density at radius 1 is 1.24 bits per heavy atom. The van der Waals surface area contributed by atoms with Gasteiger partial charge in [0.05, 0.1) is 6.61 Å². The summed E-state index contributed by atoms with van der Waals surface area (Å²) in [4.78, 5) is 23.7. The highest BCUT2D eigenvalue weighted by Crippen LogP contribution is 2.31. The number of ether oxygens (including phenoxy) is 2. The fourth-order valence-electron chi connectivity index (χ4n) is 2.48. The summed E-state index contributed by atoms with van der Waals surface area (Å²) >= 11 is 0. The lowest BCUT2D eigenvalue weighted by Crippen LogP contribution is -2.13. The molecule has 1 aromatic carbocycles. The van der Waals surface area contributed by atoms with Crippen LogP contribution in [0.3, 0.4) is 0 Å². The van der Waals surface area contributed by atoms with Gasteiger partial charge in [0.25, 0.3) is 0 Å². The second-order valence-electron chi connectivity index (χ2n) is 5.88. The second kappa shape index (κ2) is 11.4. The lowest BCUT2D eigenvalue weighted by Gasteiger charge is -2.20. The van der Waals surface area contributed by atoms with Crippen molar-refractivity contribution in [3.63, 3.8) is 0 Å². The highest BCUT2D eigenvalue weighted by Gasteiger charge is 2.21.